The van der Waals surface area contributed by atoms with Crippen molar-refractivity contribution in [3.05, 3.63) is 59.9 Å². The molecule has 2 aromatic rings. The quantitative estimate of drug-likeness (QED) is 0.696. The molecule has 2 saturated heterocycles. The van der Waals surface area contributed by atoms with Gasteiger partial charge in [0.25, 0.3) is 5.91 Å². The van der Waals surface area contributed by atoms with Crippen LogP contribution < -0.4 is 5.32 Å². The second-order valence-corrected chi connectivity index (χ2v) is 11.1. The third-order valence-corrected chi connectivity index (χ3v) is 8.50. The molecule has 0 spiro atoms. The van der Waals surface area contributed by atoms with Crippen LogP contribution in [0.4, 0.5) is 10.1 Å². The molecule has 2 amide bonds. The maximum absolute atomic E-state index is 13.1. The highest BCUT2D eigenvalue weighted by atomic mass is 32.2. The van der Waals surface area contributed by atoms with Crippen molar-refractivity contribution in [3.63, 3.8) is 0 Å². The first-order chi connectivity index (χ1) is 16.2. The SMILES string of the molecule is CC1CCCN(S(=O)(=O)c2ccc(NC(=O)C3CCN(C(=O)c4ccc(F)cc4)CC3)cc2)C1. The lowest BCUT2D eigenvalue weighted by Crippen LogP contribution is -2.41. The van der Waals surface area contributed by atoms with E-state index in [-0.39, 0.29) is 22.6 Å². The summed E-state index contributed by atoms with van der Waals surface area (Å²) in [6.45, 7) is 4.01. The van der Waals surface area contributed by atoms with Crippen molar-refractivity contribution in [2.24, 2.45) is 11.8 Å². The molecule has 0 radical (unpaired) electrons. The summed E-state index contributed by atoms with van der Waals surface area (Å²) in [6, 6.07) is 11.8. The largest absolute Gasteiger partial charge is 0.339 e. The molecule has 2 aliphatic heterocycles. The summed E-state index contributed by atoms with van der Waals surface area (Å²) < 4.78 is 40.4. The van der Waals surface area contributed by atoms with Crippen molar-refractivity contribution in [1.82, 2.24) is 9.21 Å². The number of piperidine rings is 2. The van der Waals surface area contributed by atoms with Gasteiger partial charge in [-0.2, -0.15) is 4.31 Å². The van der Waals surface area contributed by atoms with Crippen LogP contribution in [-0.4, -0.2) is 55.6 Å². The number of hydrogen-bond donors (Lipinski definition) is 1. The number of nitrogens with zero attached hydrogens (tertiary/aromatic N) is 2. The molecule has 4 rings (SSSR count). The van der Waals surface area contributed by atoms with Crippen LogP contribution in [0, 0.1) is 17.7 Å². The molecule has 1 atom stereocenters. The second kappa shape index (κ2) is 10.2. The van der Waals surface area contributed by atoms with Crippen LogP contribution in [0.15, 0.2) is 53.4 Å². The number of carbonyl (C=O) groups excluding carboxylic acids is 2. The van der Waals surface area contributed by atoms with Crippen molar-refractivity contribution in [2.45, 2.75) is 37.5 Å². The average molecular weight is 488 g/mol. The molecule has 0 bridgehead atoms. The Kier molecular flexibility index (Phi) is 7.33. The molecule has 2 fully saturated rings. The maximum Gasteiger partial charge on any atom is 0.253 e. The Morgan fingerprint density at radius 3 is 2.21 bits per heavy atom. The number of sulfonamides is 1. The molecule has 182 valence electrons. The summed E-state index contributed by atoms with van der Waals surface area (Å²) >= 11 is 0. The summed E-state index contributed by atoms with van der Waals surface area (Å²) in [5.74, 6) is -0.596. The van der Waals surface area contributed by atoms with Gasteiger partial charge in [-0.05, 0) is 80.1 Å². The lowest BCUT2D eigenvalue weighted by Gasteiger charge is -2.31. The van der Waals surface area contributed by atoms with E-state index in [0.29, 0.717) is 56.2 Å². The van der Waals surface area contributed by atoms with E-state index in [2.05, 4.69) is 12.2 Å². The smallest absolute Gasteiger partial charge is 0.253 e. The fourth-order valence-corrected chi connectivity index (χ4v) is 6.19. The lowest BCUT2D eigenvalue weighted by molar-refractivity contribution is -0.121. The fourth-order valence-electron chi connectivity index (χ4n) is 4.59. The van der Waals surface area contributed by atoms with Gasteiger partial charge in [0.15, 0.2) is 0 Å². The normalized spacial score (nSPS) is 20.2. The van der Waals surface area contributed by atoms with E-state index in [9.17, 15) is 22.4 Å². The standard InChI is InChI=1S/C25H30FN3O4S/c1-18-3-2-14-29(17-18)34(32,33)23-10-8-22(9-11-23)27-24(30)19-12-15-28(16-13-19)25(31)20-4-6-21(26)7-5-20/h4-11,18-19H,2-3,12-17H2,1H3,(H,27,30). The monoisotopic (exact) mass is 487 g/mol. The second-order valence-electron chi connectivity index (χ2n) is 9.20. The molecule has 2 aromatic carbocycles. The molecule has 0 aliphatic carbocycles. The van der Waals surface area contributed by atoms with Crippen molar-refractivity contribution in [2.75, 3.05) is 31.5 Å². The van der Waals surface area contributed by atoms with Gasteiger partial charge >= 0.3 is 0 Å². The molecule has 34 heavy (non-hydrogen) atoms. The Labute approximate surface area is 200 Å². The Bertz CT molecular complexity index is 1130. The highest BCUT2D eigenvalue weighted by Crippen LogP contribution is 2.25. The van der Waals surface area contributed by atoms with Crippen molar-refractivity contribution in [1.29, 1.82) is 0 Å². The number of nitrogens with one attached hydrogen (secondary N) is 1. The highest BCUT2D eigenvalue weighted by molar-refractivity contribution is 7.89. The summed E-state index contributed by atoms with van der Waals surface area (Å²) in [5.41, 5.74) is 0.971. The predicted octanol–water partition coefficient (Wildman–Crippen LogP) is 3.74. The number of halogens is 1. The van der Waals surface area contributed by atoms with E-state index in [1.807, 2.05) is 0 Å². The fraction of sp³-hybridized carbons (Fsp3) is 0.440. The summed E-state index contributed by atoms with van der Waals surface area (Å²) in [6.07, 6.45) is 2.95. The zero-order valence-corrected chi connectivity index (χ0v) is 20.1. The molecule has 7 nitrogen and oxygen atoms in total. The van der Waals surface area contributed by atoms with Gasteiger partial charge in [0.1, 0.15) is 5.82 Å². The summed E-state index contributed by atoms with van der Waals surface area (Å²) in [4.78, 5) is 27.2. The minimum absolute atomic E-state index is 0.144. The Hall–Kier alpha value is -2.78. The van der Waals surface area contributed by atoms with E-state index >= 15 is 0 Å². The molecule has 0 saturated carbocycles. The number of anilines is 1. The third-order valence-electron chi connectivity index (χ3n) is 6.62. The van der Waals surface area contributed by atoms with Crippen molar-refractivity contribution >= 4 is 27.5 Å². The van der Waals surface area contributed by atoms with Crippen LogP contribution in [0.2, 0.25) is 0 Å². The molecule has 1 unspecified atom stereocenters. The van der Waals surface area contributed by atoms with Crippen LogP contribution in [0.5, 0.6) is 0 Å². The Morgan fingerprint density at radius 1 is 0.941 bits per heavy atom. The number of carbonyl (C=O) groups is 2. The molecule has 9 heteroatoms. The topological polar surface area (TPSA) is 86.8 Å². The number of hydrogen-bond acceptors (Lipinski definition) is 4. The molecule has 2 aliphatic rings. The van der Waals surface area contributed by atoms with Gasteiger partial charge in [-0.25, -0.2) is 12.8 Å². The summed E-state index contributed by atoms with van der Waals surface area (Å²) in [5, 5.41) is 2.87. The molecule has 0 aromatic heterocycles. The third kappa shape index (κ3) is 5.47. The van der Waals surface area contributed by atoms with Crippen LogP contribution in [0.3, 0.4) is 0 Å². The number of rotatable bonds is 5. The predicted molar refractivity (Wildman–Crippen MR) is 127 cm³/mol. The maximum atomic E-state index is 13.1. The minimum Gasteiger partial charge on any atom is -0.339 e. The first-order valence-electron chi connectivity index (χ1n) is 11.7. The van der Waals surface area contributed by atoms with Gasteiger partial charge in [-0.1, -0.05) is 6.92 Å². The van der Waals surface area contributed by atoms with Gasteiger partial charge < -0.3 is 10.2 Å². The van der Waals surface area contributed by atoms with Gasteiger partial charge in [-0.15, -0.1) is 0 Å². The van der Waals surface area contributed by atoms with Crippen molar-refractivity contribution in [3.8, 4) is 0 Å². The van der Waals surface area contributed by atoms with Crippen LogP contribution in [0.25, 0.3) is 0 Å². The zero-order valence-electron chi connectivity index (χ0n) is 19.2. The highest BCUT2D eigenvalue weighted by Gasteiger charge is 2.30. The first kappa shape index (κ1) is 24.3. The van der Waals surface area contributed by atoms with E-state index in [1.165, 1.54) is 40.7 Å². The van der Waals surface area contributed by atoms with Gasteiger partial charge in [0.2, 0.25) is 15.9 Å². The first-order valence-corrected chi connectivity index (χ1v) is 13.1. The van der Waals surface area contributed by atoms with E-state index < -0.39 is 15.8 Å². The van der Waals surface area contributed by atoms with Gasteiger partial charge in [-0.3, -0.25) is 9.59 Å². The number of likely N-dealkylation sites (tertiary alicyclic amines) is 1. The van der Waals surface area contributed by atoms with Gasteiger partial charge in [0.05, 0.1) is 4.90 Å². The lowest BCUT2D eigenvalue weighted by atomic mass is 9.95. The minimum atomic E-state index is -3.54. The van der Waals surface area contributed by atoms with Gasteiger partial charge in [0, 0.05) is 43.3 Å². The molecule has 2 heterocycles. The molecular weight excluding hydrogens is 457 g/mol. The molecule has 1 N–H and O–H groups in total. The van der Waals surface area contributed by atoms with E-state index in [0.717, 1.165) is 12.8 Å². The zero-order chi connectivity index (χ0) is 24.3. The van der Waals surface area contributed by atoms with Crippen LogP contribution in [0.1, 0.15) is 43.0 Å². The number of benzene rings is 2. The summed E-state index contributed by atoms with van der Waals surface area (Å²) in [7, 11) is -3.54. The molecular formula is C25H30FN3O4S. The Morgan fingerprint density at radius 2 is 1.59 bits per heavy atom. The number of amides is 2. The Balaban J connectivity index is 1.31. The van der Waals surface area contributed by atoms with E-state index in [1.54, 1.807) is 17.0 Å². The van der Waals surface area contributed by atoms with Crippen molar-refractivity contribution < 1.29 is 22.4 Å². The van der Waals surface area contributed by atoms with Crippen LogP contribution >= 0.6 is 0 Å². The average Bonchev–Trinajstić information content (AvgIpc) is 2.84. The van der Waals surface area contributed by atoms with Crippen LogP contribution in [-0.2, 0) is 14.8 Å². The van der Waals surface area contributed by atoms with E-state index in [4.69, 9.17) is 0 Å².